The van der Waals surface area contributed by atoms with Gasteiger partial charge >= 0.3 is 0 Å². The highest BCUT2D eigenvalue weighted by Gasteiger charge is 2.15. The maximum atomic E-state index is 8.87. The normalized spacial score (nSPS) is 24.7. The van der Waals surface area contributed by atoms with Gasteiger partial charge in [-0.2, -0.15) is 5.06 Å². The summed E-state index contributed by atoms with van der Waals surface area (Å²) in [7, 11) is 0. The number of hydroxylamine groups is 2. The highest BCUT2D eigenvalue weighted by molar-refractivity contribution is 4.65. The minimum Gasteiger partial charge on any atom is -0.396 e. The fourth-order valence-corrected chi connectivity index (χ4v) is 1.10. The van der Waals surface area contributed by atoms with Gasteiger partial charge in [-0.3, -0.25) is 0 Å². The molecule has 0 aliphatic carbocycles. The predicted octanol–water partition coefficient (Wildman–Crippen LogP) is 0.0799. The van der Waals surface area contributed by atoms with Gasteiger partial charge in [0.1, 0.15) is 0 Å². The first-order chi connectivity index (χ1) is 4.33. The number of hydrogen-bond donors (Lipinski definition) is 2. The van der Waals surface area contributed by atoms with Gasteiger partial charge in [-0.1, -0.05) is 0 Å². The molecule has 0 unspecified atom stereocenters. The predicted molar refractivity (Wildman–Crippen MR) is 33.2 cm³/mol. The molecular formula is C6H13NO2. The van der Waals surface area contributed by atoms with Crippen LogP contribution in [0.4, 0.5) is 0 Å². The van der Waals surface area contributed by atoms with Crippen LogP contribution in [0.15, 0.2) is 0 Å². The molecule has 0 aromatic heterocycles. The molecule has 2 N–H and O–H groups in total. The summed E-state index contributed by atoms with van der Waals surface area (Å²) in [6.45, 7) is 1.70. The van der Waals surface area contributed by atoms with E-state index in [1.807, 2.05) is 0 Å². The highest BCUT2D eigenvalue weighted by atomic mass is 16.5. The van der Waals surface area contributed by atoms with E-state index in [-0.39, 0.29) is 6.61 Å². The number of rotatable bonds is 1. The molecule has 0 bridgehead atoms. The topological polar surface area (TPSA) is 43.7 Å². The number of aliphatic hydroxyl groups excluding tert-OH is 1. The third-order valence-corrected chi connectivity index (χ3v) is 1.85. The lowest BCUT2D eigenvalue weighted by Gasteiger charge is -2.25. The molecule has 0 amide bonds. The number of aliphatic hydroxyl groups is 1. The van der Waals surface area contributed by atoms with Crippen molar-refractivity contribution in [2.24, 2.45) is 5.92 Å². The minimum absolute atomic E-state index is 0.272. The first kappa shape index (κ1) is 6.99. The van der Waals surface area contributed by atoms with E-state index in [4.69, 9.17) is 10.3 Å². The summed E-state index contributed by atoms with van der Waals surface area (Å²) >= 11 is 0. The molecule has 3 nitrogen and oxygen atoms in total. The molecule has 3 heteroatoms. The Morgan fingerprint density at radius 1 is 1.33 bits per heavy atom. The molecule has 1 saturated heterocycles. The molecule has 0 aromatic carbocycles. The largest absolute Gasteiger partial charge is 0.396 e. The second kappa shape index (κ2) is 3.15. The van der Waals surface area contributed by atoms with Crippen molar-refractivity contribution in [3.05, 3.63) is 0 Å². The van der Waals surface area contributed by atoms with Crippen LogP contribution in [-0.4, -0.2) is 35.1 Å². The molecule has 54 valence electrons. The lowest BCUT2D eigenvalue weighted by Crippen LogP contribution is -2.31. The summed E-state index contributed by atoms with van der Waals surface area (Å²) in [5.74, 6) is 0.424. The fraction of sp³-hybridized carbons (Fsp3) is 1.00. The molecule has 9 heavy (non-hydrogen) atoms. The Morgan fingerprint density at radius 2 is 1.89 bits per heavy atom. The number of piperidine rings is 1. The highest BCUT2D eigenvalue weighted by Crippen LogP contribution is 2.13. The molecule has 1 aliphatic rings. The zero-order valence-electron chi connectivity index (χ0n) is 5.45. The molecule has 0 saturated carbocycles. The molecular weight excluding hydrogens is 118 g/mol. The molecule has 1 rings (SSSR count). The van der Waals surface area contributed by atoms with Crippen molar-refractivity contribution < 1.29 is 10.3 Å². The Kier molecular flexibility index (Phi) is 2.45. The Hall–Kier alpha value is -0.120. The van der Waals surface area contributed by atoms with Gasteiger partial charge in [0.2, 0.25) is 0 Å². The Labute approximate surface area is 54.9 Å². The molecule has 1 fully saturated rings. The smallest absolute Gasteiger partial charge is 0.0460 e. The van der Waals surface area contributed by atoms with Crippen LogP contribution >= 0.6 is 0 Å². The van der Waals surface area contributed by atoms with E-state index in [9.17, 15) is 0 Å². The molecule has 1 aliphatic heterocycles. The van der Waals surface area contributed by atoms with Crippen molar-refractivity contribution in [2.75, 3.05) is 19.7 Å². The average molecular weight is 131 g/mol. The van der Waals surface area contributed by atoms with E-state index in [1.54, 1.807) is 0 Å². The monoisotopic (exact) mass is 131 g/mol. The Balaban J connectivity index is 2.18. The van der Waals surface area contributed by atoms with E-state index in [2.05, 4.69) is 0 Å². The second-order valence-corrected chi connectivity index (χ2v) is 2.58. The van der Waals surface area contributed by atoms with Crippen LogP contribution in [0.1, 0.15) is 12.8 Å². The van der Waals surface area contributed by atoms with Gasteiger partial charge in [-0.15, -0.1) is 0 Å². The van der Waals surface area contributed by atoms with E-state index in [0.29, 0.717) is 19.0 Å². The van der Waals surface area contributed by atoms with Gasteiger partial charge in [-0.25, -0.2) is 0 Å². The third kappa shape index (κ3) is 1.93. The van der Waals surface area contributed by atoms with Gasteiger partial charge in [-0.05, 0) is 18.8 Å². The maximum Gasteiger partial charge on any atom is 0.0460 e. The molecule has 0 atom stereocenters. The van der Waals surface area contributed by atoms with Crippen LogP contribution in [0.2, 0.25) is 0 Å². The maximum absolute atomic E-state index is 8.87. The first-order valence-electron chi connectivity index (χ1n) is 3.37. The summed E-state index contributed by atoms with van der Waals surface area (Å²) in [6, 6.07) is 0. The van der Waals surface area contributed by atoms with Gasteiger partial charge in [0.25, 0.3) is 0 Å². The second-order valence-electron chi connectivity index (χ2n) is 2.58. The zero-order chi connectivity index (χ0) is 6.69. The van der Waals surface area contributed by atoms with E-state index in [0.717, 1.165) is 12.8 Å². The SMILES string of the molecule is OCC1CCN(O)CC1. The number of hydrogen-bond acceptors (Lipinski definition) is 3. The summed E-state index contributed by atoms with van der Waals surface area (Å²) in [6.07, 6.45) is 1.85. The van der Waals surface area contributed by atoms with Gasteiger partial charge in [0.05, 0.1) is 0 Å². The van der Waals surface area contributed by atoms with E-state index >= 15 is 0 Å². The molecule has 1 heterocycles. The average Bonchev–Trinajstić information content (AvgIpc) is 1.90. The van der Waals surface area contributed by atoms with Crippen LogP contribution in [0.25, 0.3) is 0 Å². The van der Waals surface area contributed by atoms with Crippen LogP contribution in [-0.2, 0) is 0 Å². The van der Waals surface area contributed by atoms with Crippen molar-refractivity contribution in [1.82, 2.24) is 5.06 Å². The third-order valence-electron chi connectivity index (χ3n) is 1.85. The summed E-state index contributed by atoms with van der Waals surface area (Å²) in [5.41, 5.74) is 0. The molecule has 0 aromatic rings. The van der Waals surface area contributed by atoms with Crippen LogP contribution in [0.3, 0.4) is 0 Å². The van der Waals surface area contributed by atoms with Crippen LogP contribution < -0.4 is 0 Å². The van der Waals surface area contributed by atoms with Gasteiger partial charge in [0, 0.05) is 19.7 Å². The standard InChI is InChI=1S/C6H13NO2/c8-5-6-1-3-7(9)4-2-6/h6,8-9H,1-5H2. The van der Waals surface area contributed by atoms with E-state index in [1.165, 1.54) is 5.06 Å². The van der Waals surface area contributed by atoms with Crippen molar-refractivity contribution in [3.63, 3.8) is 0 Å². The zero-order valence-corrected chi connectivity index (χ0v) is 5.45. The summed E-state index contributed by atoms with van der Waals surface area (Å²) in [4.78, 5) is 0. The Morgan fingerprint density at radius 3 is 2.33 bits per heavy atom. The Bertz CT molecular complexity index is 79.1. The fourth-order valence-electron chi connectivity index (χ4n) is 1.10. The minimum atomic E-state index is 0.272. The quantitative estimate of drug-likeness (QED) is 0.529. The van der Waals surface area contributed by atoms with Crippen LogP contribution in [0, 0.1) is 5.92 Å². The lowest BCUT2D eigenvalue weighted by molar-refractivity contribution is -0.114. The summed E-state index contributed by atoms with van der Waals surface area (Å²) in [5, 5.41) is 18.9. The van der Waals surface area contributed by atoms with Crippen LogP contribution in [0.5, 0.6) is 0 Å². The summed E-state index contributed by atoms with van der Waals surface area (Å²) < 4.78 is 0. The van der Waals surface area contributed by atoms with Gasteiger partial charge in [0.15, 0.2) is 0 Å². The van der Waals surface area contributed by atoms with Crippen molar-refractivity contribution in [1.29, 1.82) is 0 Å². The van der Waals surface area contributed by atoms with Gasteiger partial charge < -0.3 is 10.3 Å². The number of nitrogens with zero attached hydrogens (tertiary/aromatic N) is 1. The van der Waals surface area contributed by atoms with Crippen molar-refractivity contribution in [2.45, 2.75) is 12.8 Å². The molecule has 0 spiro atoms. The van der Waals surface area contributed by atoms with Crippen molar-refractivity contribution in [3.8, 4) is 0 Å². The van der Waals surface area contributed by atoms with E-state index < -0.39 is 0 Å². The molecule has 0 radical (unpaired) electrons. The first-order valence-corrected chi connectivity index (χ1v) is 3.37. The lowest BCUT2D eigenvalue weighted by atomic mass is 9.99. The van der Waals surface area contributed by atoms with Crippen molar-refractivity contribution >= 4 is 0 Å².